The Labute approximate surface area is 161 Å². The smallest absolute Gasteiger partial charge is 0.258 e. The van der Waals surface area contributed by atoms with Gasteiger partial charge < -0.3 is 4.90 Å². The van der Waals surface area contributed by atoms with E-state index in [1.165, 1.54) is 10.4 Å². The molecule has 0 fully saturated rings. The average Bonchev–Trinajstić information content (AvgIpc) is 3.01. The predicted molar refractivity (Wildman–Crippen MR) is 108 cm³/mol. The third-order valence-corrected chi connectivity index (χ3v) is 6.89. The minimum Gasteiger partial charge on any atom is -0.305 e. The van der Waals surface area contributed by atoms with Crippen molar-refractivity contribution in [2.75, 3.05) is 18.5 Å². The van der Waals surface area contributed by atoms with Crippen LogP contribution >= 0.6 is 0 Å². The van der Waals surface area contributed by atoms with Crippen molar-refractivity contribution in [1.29, 1.82) is 0 Å². The van der Waals surface area contributed by atoms with Crippen LogP contribution in [0.2, 0.25) is 0 Å². The molecule has 2 aromatic carbocycles. The molecule has 0 N–H and O–H groups in total. The topological polar surface area (TPSA) is 57.7 Å². The van der Waals surface area contributed by atoms with E-state index in [-0.39, 0.29) is 16.8 Å². The zero-order chi connectivity index (χ0) is 19.6. The molecule has 1 aliphatic rings. The van der Waals surface area contributed by atoms with Gasteiger partial charge in [0, 0.05) is 30.9 Å². The zero-order valence-electron chi connectivity index (χ0n) is 16.1. The standard InChI is InChI=1S/C21H26N2O3S/c1-4-5-13-22(3)27(25,26)19-11-8-10-18(15-19)21(24)23-16(2)14-17-9-6-7-12-20(17)23/h6-12,15-16H,4-5,13-14H2,1-3H3. The van der Waals surface area contributed by atoms with E-state index in [0.29, 0.717) is 12.1 Å². The van der Waals surface area contributed by atoms with Gasteiger partial charge in [0.25, 0.3) is 5.91 Å². The number of carbonyl (C=O) groups is 1. The quantitative estimate of drug-likeness (QED) is 0.761. The summed E-state index contributed by atoms with van der Waals surface area (Å²) in [5.41, 5.74) is 2.44. The Hall–Kier alpha value is -2.18. The zero-order valence-corrected chi connectivity index (χ0v) is 16.9. The van der Waals surface area contributed by atoms with Gasteiger partial charge in [-0.3, -0.25) is 4.79 Å². The van der Waals surface area contributed by atoms with E-state index in [1.807, 2.05) is 38.1 Å². The lowest BCUT2D eigenvalue weighted by atomic mass is 10.1. The molecule has 5 nitrogen and oxygen atoms in total. The second-order valence-electron chi connectivity index (χ2n) is 7.06. The molecule has 3 rings (SSSR count). The molecule has 1 heterocycles. The highest BCUT2D eigenvalue weighted by Gasteiger charge is 2.32. The van der Waals surface area contributed by atoms with Crippen LogP contribution in [0.1, 0.15) is 42.6 Å². The molecule has 2 aromatic rings. The van der Waals surface area contributed by atoms with Gasteiger partial charge in [0.2, 0.25) is 10.0 Å². The Morgan fingerprint density at radius 3 is 2.67 bits per heavy atom. The number of para-hydroxylation sites is 1. The van der Waals surface area contributed by atoms with Gasteiger partial charge in [0.15, 0.2) is 0 Å². The van der Waals surface area contributed by atoms with Crippen LogP contribution in [0.15, 0.2) is 53.4 Å². The number of amides is 1. The first-order valence-corrected chi connectivity index (χ1v) is 10.8. The summed E-state index contributed by atoms with van der Waals surface area (Å²) in [4.78, 5) is 15.1. The Balaban J connectivity index is 1.91. The normalized spacial score (nSPS) is 16.6. The van der Waals surface area contributed by atoms with E-state index < -0.39 is 10.0 Å². The van der Waals surface area contributed by atoms with E-state index >= 15 is 0 Å². The number of nitrogens with zero attached hydrogens (tertiary/aromatic N) is 2. The molecule has 1 atom stereocenters. The van der Waals surface area contributed by atoms with Crippen molar-refractivity contribution in [2.24, 2.45) is 0 Å². The minimum atomic E-state index is -3.60. The maximum atomic E-state index is 13.2. The third-order valence-electron chi connectivity index (χ3n) is 5.04. The molecule has 0 aromatic heterocycles. The van der Waals surface area contributed by atoms with Crippen molar-refractivity contribution in [1.82, 2.24) is 4.31 Å². The maximum Gasteiger partial charge on any atom is 0.258 e. The first-order valence-electron chi connectivity index (χ1n) is 9.34. The second-order valence-corrected chi connectivity index (χ2v) is 9.11. The summed E-state index contributed by atoms with van der Waals surface area (Å²) < 4.78 is 27.0. The van der Waals surface area contributed by atoms with E-state index in [1.54, 1.807) is 30.1 Å². The number of carbonyl (C=O) groups excluding carboxylic acids is 1. The highest BCUT2D eigenvalue weighted by atomic mass is 32.2. The van der Waals surface area contributed by atoms with Gasteiger partial charge in [-0.2, -0.15) is 0 Å². The molecule has 0 saturated heterocycles. The molecule has 144 valence electrons. The van der Waals surface area contributed by atoms with Crippen molar-refractivity contribution < 1.29 is 13.2 Å². The van der Waals surface area contributed by atoms with Crippen LogP contribution in [0, 0.1) is 0 Å². The van der Waals surface area contributed by atoms with Crippen LogP contribution in [0.25, 0.3) is 0 Å². The van der Waals surface area contributed by atoms with E-state index in [9.17, 15) is 13.2 Å². The van der Waals surface area contributed by atoms with Crippen LogP contribution in [0.5, 0.6) is 0 Å². The number of hydrogen-bond donors (Lipinski definition) is 0. The number of unbranched alkanes of at least 4 members (excludes halogenated alkanes) is 1. The molecular formula is C21H26N2O3S. The fourth-order valence-corrected chi connectivity index (χ4v) is 4.74. The molecule has 0 aliphatic carbocycles. The lowest BCUT2D eigenvalue weighted by molar-refractivity contribution is 0.0981. The molecular weight excluding hydrogens is 360 g/mol. The number of fused-ring (bicyclic) bond motifs is 1. The summed E-state index contributed by atoms with van der Waals surface area (Å²) in [6, 6.07) is 14.3. The molecule has 6 heteroatoms. The summed E-state index contributed by atoms with van der Waals surface area (Å²) in [7, 11) is -2.02. The fourth-order valence-electron chi connectivity index (χ4n) is 3.48. The molecule has 1 amide bonds. The number of rotatable bonds is 6. The van der Waals surface area contributed by atoms with Crippen LogP contribution in [-0.2, 0) is 16.4 Å². The summed E-state index contributed by atoms with van der Waals surface area (Å²) in [6.07, 6.45) is 2.53. The fraction of sp³-hybridized carbons (Fsp3) is 0.381. The third kappa shape index (κ3) is 3.77. The molecule has 0 saturated carbocycles. The van der Waals surface area contributed by atoms with Gasteiger partial charge in [-0.15, -0.1) is 0 Å². The first kappa shape index (κ1) is 19.6. The van der Waals surface area contributed by atoms with Gasteiger partial charge in [0.1, 0.15) is 0 Å². The van der Waals surface area contributed by atoms with Crippen LogP contribution in [-0.4, -0.2) is 38.3 Å². The summed E-state index contributed by atoms with van der Waals surface area (Å²) in [6.45, 7) is 4.50. The Morgan fingerprint density at radius 2 is 1.93 bits per heavy atom. The Morgan fingerprint density at radius 1 is 1.19 bits per heavy atom. The highest BCUT2D eigenvalue weighted by molar-refractivity contribution is 7.89. The van der Waals surface area contributed by atoms with E-state index in [4.69, 9.17) is 0 Å². The van der Waals surface area contributed by atoms with Crippen LogP contribution in [0.4, 0.5) is 5.69 Å². The van der Waals surface area contributed by atoms with Crippen LogP contribution in [0.3, 0.4) is 0 Å². The van der Waals surface area contributed by atoms with Gasteiger partial charge in [-0.25, -0.2) is 12.7 Å². The van der Waals surface area contributed by atoms with E-state index in [0.717, 1.165) is 30.5 Å². The SMILES string of the molecule is CCCCN(C)S(=O)(=O)c1cccc(C(=O)N2c3ccccc3CC2C)c1. The van der Waals surface area contributed by atoms with Gasteiger partial charge in [-0.05, 0) is 49.6 Å². The predicted octanol–water partition coefficient (Wildman–Crippen LogP) is 3.70. The molecule has 0 bridgehead atoms. The molecule has 1 unspecified atom stereocenters. The van der Waals surface area contributed by atoms with Crippen LogP contribution < -0.4 is 4.90 Å². The minimum absolute atomic E-state index is 0.0439. The lowest BCUT2D eigenvalue weighted by Gasteiger charge is -2.23. The van der Waals surface area contributed by atoms with Crippen molar-refractivity contribution in [3.63, 3.8) is 0 Å². The van der Waals surface area contributed by atoms with Crippen molar-refractivity contribution >= 4 is 21.6 Å². The summed E-state index contributed by atoms with van der Waals surface area (Å²) in [5, 5.41) is 0. The maximum absolute atomic E-state index is 13.2. The van der Waals surface area contributed by atoms with Crippen molar-refractivity contribution in [3.8, 4) is 0 Å². The van der Waals surface area contributed by atoms with Crippen molar-refractivity contribution in [3.05, 3.63) is 59.7 Å². The lowest BCUT2D eigenvalue weighted by Crippen LogP contribution is -2.36. The Kier molecular flexibility index (Phi) is 5.67. The number of benzene rings is 2. The van der Waals surface area contributed by atoms with E-state index in [2.05, 4.69) is 0 Å². The monoisotopic (exact) mass is 386 g/mol. The average molecular weight is 387 g/mol. The number of hydrogen-bond acceptors (Lipinski definition) is 3. The summed E-state index contributed by atoms with van der Waals surface area (Å²) >= 11 is 0. The van der Waals surface area contributed by atoms with Gasteiger partial charge in [0.05, 0.1) is 4.90 Å². The largest absolute Gasteiger partial charge is 0.305 e. The van der Waals surface area contributed by atoms with Gasteiger partial charge >= 0.3 is 0 Å². The summed E-state index contributed by atoms with van der Waals surface area (Å²) in [5.74, 6) is -0.166. The molecule has 0 spiro atoms. The number of sulfonamides is 1. The molecule has 0 radical (unpaired) electrons. The Bertz CT molecular complexity index is 940. The number of anilines is 1. The van der Waals surface area contributed by atoms with Crippen molar-refractivity contribution in [2.45, 2.75) is 44.0 Å². The highest BCUT2D eigenvalue weighted by Crippen LogP contribution is 2.33. The molecule has 1 aliphatic heterocycles. The first-order chi connectivity index (χ1) is 12.9. The van der Waals surface area contributed by atoms with Gasteiger partial charge in [-0.1, -0.05) is 37.6 Å². The second kappa shape index (κ2) is 7.82. The molecule has 27 heavy (non-hydrogen) atoms.